The Morgan fingerprint density at radius 3 is 1.74 bits per heavy atom. The largest absolute Gasteiger partial charge is 0.310 e. The summed E-state index contributed by atoms with van der Waals surface area (Å²) in [4.78, 5) is 2.45. The normalized spacial score (nSPS) is 12.9. The summed E-state index contributed by atoms with van der Waals surface area (Å²) in [7, 11) is 0. The molecule has 0 atom stereocenters. The molecule has 11 aromatic rings. The molecule has 0 bridgehead atoms. The first-order chi connectivity index (χ1) is 30.0. The number of anilines is 3. The number of aromatic nitrogens is 1. The zero-order valence-electron chi connectivity index (χ0n) is 34.2. The molecule has 2 heteroatoms. The molecule has 0 saturated heterocycles. The summed E-state index contributed by atoms with van der Waals surface area (Å²) >= 11 is 0. The predicted molar refractivity (Wildman–Crippen MR) is 259 cm³/mol. The third-order valence-corrected chi connectivity index (χ3v) is 13.2. The minimum atomic E-state index is -0.132. The summed E-state index contributed by atoms with van der Waals surface area (Å²) in [6.07, 6.45) is 0. The second-order valence-electron chi connectivity index (χ2n) is 16.9. The molecule has 0 saturated carbocycles. The van der Waals surface area contributed by atoms with Crippen LogP contribution in [0.3, 0.4) is 0 Å². The molecular weight excluding hydrogens is 737 g/mol. The van der Waals surface area contributed by atoms with Crippen molar-refractivity contribution >= 4 is 60.4 Å². The van der Waals surface area contributed by atoms with Crippen LogP contribution in [-0.4, -0.2) is 4.57 Å². The first-order valence-corrected chi connectivity index (χ1v) is 21.3. The van der Waals surface area contributed by atoms with E-state index in [9.17, 15) is 0 Å². The van der Waals surface area contributed by atoms with Crippen molar-refractivity contribution in [2.45, 2.75) is 19.3 Å². The summed E-state index contributed by atoms with van der Waals surface area (Å²) in [6.45, 7) is 4.73. The van der Waals surface area contributed by atoms with Gasteiger partial charge in [0, 0.05) is 44.3 Å². The van der Waals surface area contributed by atoms with Gasteiger partial charge in [-0.1, -0.05) is 184 Å². The van der Waals surface area contributed by atoms with Gasteiger partial charge in [-0.15, -0.1) is 0 Å². The number of fused-ring (bicyclic) bond motifs is 9. The van der Waals surface area contributed by atoms with Crippen molar-refractivity contribution in [1.29, 1.82) is 0 Å². The van der Waals surface area contributed by atoms with Gasteiger partial charge in [0.1, 0.15) is 0 Å². The smallest absolute Gasteiger partial charge is 0.0619 e. The van der Waals surface area contributed by atoms with E-state index >= 15 is 0 Å². The maximum atomic E-state index is 2.46. The standard InChI is InChI=1S/C59H42N2/c1-59(2)54-26-12-11-23-50(54)51-35-32-45(37-55(51)59)60(44-30-27-41(28-31-44)48-25-14-19-42-18-13-24-47(57(42)48)39-15-5-3-6-16-39)46-33-36-52-53-34-29-40-17-9-10-22-49(40)58(53)61(56(52)38-46)43-20-7-4-8-21-43/h3-38H,1-2H3. The van der Waals surface area contributed by atoms with Crippen molar-refractivity contribution < 1.29 is 0 Å². The second-order valence-corrected chi connectivity index (χ2v) is 16.9. The molecule has 12 rings (SSSR count). The molecule has 0 spiro atoms. The van der Waals surface area contributed by atoms with Gasteiger partial charge in [-0.25, -0.2) is 0 Å². The average Bonchev–Trinajstić information content (AvgIpc) is 3.77. The van der Waals surface area contributed by atoms with E-state index in [4.69, 9.17) is 0 Å². The summed E-state index contributed by atoms with van der Waals surface area (Å²) in [5.41, 5.74) is 17.0. The van der Waals surface area contributed by atoms with Crippen molar-refractivity contribution in [2.75, 3.05) is 4.90 Å². The lowest BCUT2D eigenvalue weighted by Crippen LogP contribution is -2.16. The van der Waals surface area contributed by atoms with Gasteiger partial charge in [0.05, 0.1) is 11.0 Å². The highest BCUT2D eigenvalue weighted by atomic mass is 15.1. The van der Waals surface area contributed by atoms with Crippen LogP contribution in [0.4, 0.5) is 17.1 Å². The van der Waals surface area contributed by atoms with Crippen LogP contribution >= 0.6 is 0 Å². The van der Waals surface area contributed by atoms with Crippen LogP contribution in [-0.2, 0) is 5.41 Å². The molecule has 0 aliphatic heterocycles. The fourth-order valence-electron chi connectivity index (χ4n) is 10.3. The van der Waals surface area contributed by atoms with Crippen LogP contribution in [0, 0.1) is 0 Å². The molecular formula is C59H42N2. The number of rotatable bonds is 6. The third kappa shape index (κ3) is 5.49. The molecule has 1 heterocycles. The highest BCUT2D eigenvalue weighted by Gasteiger charge is 2.36. The lowest BCUT2D eigenvalue weighted by molar-refractivity contribution is 0.660. The van der Waals surface area contributed by atoms with Gasteiger partial charge in [0.15, 0.2) is 0 Å². The maximum absolute atomic E-state index is 2.46. The first kappa shape index (κ1) is 35.3. The number of para-hydroxylation sites is 1. The molecule has 1 aliphatic carbocycles. The monoisotopic (exact) mass is 778 g/mol. The molecule has 0 fully saturated rings. The Morgan fingerprint density at radius 1 is 0.377 bits per heavy atom. The van der Waals surface area contributed by atoms with E-state index < -0.39 is 0 Å². The van der Waals surface area contributed by atoms with E-state index in [2.05, 4.69) is 242 Å². The molecule has 1 aliphatic rings. The van der Waals surface area contributed by atoms with Crippen molar-refractivity contribution in [3.63, 3.8) is 0 Å². The lowest BCUT2D eigenvalue weighted by atomic mass is 9.82. The van der Waals surface area contributed by atoms with Crippen LogP contribution in [0.5, 0.6) is 0 Å². The van der Waals surface area contributed by atoms with Gasteiger partial charge < -0.3 is 9.47 Å². The zero-order valence-corrected chi connectivity index (χ0v) is 34.2. The van der Waals surface area contributed by atoms with Gasteiger partial charge in [-0.2, -0.15) is 0 Å². The van der Waals surface area contributed by atoms with E-state index in [-0.39, 0.29) is 5.41 Å². The van der Waals surface area contributed by atoms with E-state index in [1.807, 2.05) is 0 Å². The van der Waals surface area contributed by atoms with Crippen LogP contribution in [0.1, 0.15) is 25.0 Å². The molecule has 0 radical (unpaired) electrons. The van der Waals surface area contributed by atoms with Crippen molar-refractivity contribution in [1.82, 2.24) is 4.57 Å². The summed E-state index contributed by atoms with van der Waals surface area (Å²) in [6, 6.07) is 80.4. The molecule has 0 unspecified atom stereocenters. The molecule has 0 N–H and O–H groups in total. The Kier molecular flexibility index (Phi) is 7.92. The Morgan fingerprint density at radius 2 is 0.951 bits per heavy atom. The minimum absolute atomic E-state index is 0.132. The third-order valence-electron chi connectivity index (χ3n) is 13.2. The van der Waals surface area contributed by atoms with Crippen molar-refractivity contribution in [3.8, 4) is 39.1 Å². The predicted octanol–water partition coefficient (Wildman–Crippen LogP) is 16.2. The first-order valence-electron chi connectivity index (χ1n) is 21.3. The Balaban J connectivity index is 1.07. The van der Waals surface area contributed by atoms with Gasteiger partial charge in [0.2, 0.25) is 0 Å². The SMILES string of the molecule is CC1(C)c2ccccc2-c2ccc(N(c3ccc(-c4cccc5cccc(-c6ccccc6)c45)cc3)c3ccc4c5ccc6ccccc6c5n(-c5ccccc5)c4c3)cc21. The molecule has 2 nitrogen and oxygen atoms in total. The minimum Gasteiger partial charge on any atom is -0.310 e. The van der Waals surface area contributed by atoms with Gasteiger partial charge in [-0.05, 0) is 109 Å². The maximum Gasteiger partial charge on any atom is 0.0619 e. The summed E-state index contributed by atoms with van der Waals surface area (Å²) in [5, 5.41) is 7.48. The number of benzene rings is 10. The quantitative estimate of drug-likeness (QED) is 0.163. The van der Waals surface area contributed by atoms with E-state index in [1.165, 1.54) is 87.9 Å². The summed E-state index contributed by atoms with van der Waals surface area (Å²) < 4.78 is 2.46. The molecule has 1 aromatic heterocycles. The highest BCUT2D eigenvalue weighted by molar-refractivity contribution is 6.19. The number of nitrogens with zero attached hydrogens (tertiary/aromatic N) is 2. The Bertz CT molecular complexity index is 3480. The number of hydrogen-bond acceptors (Lipinski definition) is 1. The van der Waals surface area contributed by atoms with Crippen molar-refractivity contribution in [3.05, 3.63) is 230 Å². The summed E-state index contributed by atoms with van der Waals surface area (Å²) in [5.74, 6) is 0. The van der Waals surface area contributed by atoms with Crippen molar-refractivity contribution in [2.24, 2.45) is 0 Å². The Hall–Kier alpha value is -7.68. The second kappa shape index (κ2) is 13.7. The molecule has 288 valence electrons. The van der Waals surface area contributed by atoms with Gasteiger partial charge >= 0.3 is 0 Å². The molecule has 0 amide bonds. The lowest BCUT2D eigenvalue weighted by Gasteiger charge is -2.28. The van der Waals surface area contributed by atoms with Gasteiger partial charge in [0.25, 0.3) is 0 Å². The fraction of sp³-hybridized carbons (Fsp3) is 0.0508. The fourth-order valence-corrected chi connectivity index (χ4v) is 10.3. The van der Waals surface area contributed by atoms with E-state index in [0.717, 1.165) is 22.7 Å². The average molecular weight is 779 g/mol. The molecule has 61 heavy (non-hydrogen) atoms. The Labute approximate surface area is 356 Å². The highest BCUT2D eigenvalue weighted by Crippen LogP contribution is 2.51. The zero-order chi connectivity index (χ0) is 40.7. The van der Waals surface area contributed by atoms with Crippen LogP contribution in [0.15, 0.2) is 218 Å². The van der Waals surface area contributed by atoms with E-state index in [0.29, 0.717) is 0 Å². The number of hydrogen-bond donors (Lipinski definition) is 0. The van der Waals surface area contributed by atoms with Gasteiger partial charge in [-0.3, -0.25) is 0 Å². The topological polar surface area (TPSA) is 8.17 Å². The molecule has 10 aromatic carbocycles. The van der Waals surface area contributed by atoms with Crippen LogP contribution < -0.4 is 4.90 Å². The van der Waals surface area contributed by atoms with Crippen LogP contribution in [0.25, 0.3) is 82.4 Å². The van der Waals surface area contributed by atoms with E-state index in [1.54, 1.807) is 0 Å². The van der Waals surface area contributed by atoms with Crippen LogP contribution in [0.2, 0.25) is 0 Å².